The van der Waals surface area contributed by atoms with Crippen LogP contribution in [-0.2, 0) is 19.3 Å². The van der Waals surface area contributed by atoms with Crippen molar-refractivity contribution in [1.82, 2.24) is 0 Å². The number of halogens is 1. The molecule has 0 spiro atoms. The molecular formula is C9H20ClNO4S. The minimum absolute atomic E-state index is 0. The van der Waals surface area contributed by atoms with Crippen LogP contribution in [0.2, 0.25) is 0 Å². The van der Waals surface area contributed by atoms with Crippen LogP contribution < -0.4 is 5.73 Å². The average molecular weight is 274 g/mol. The highest BCUT2D eigenvalue weighted by atomic mass is 35.5. The fraction of sp³-hybridized carbons (Fsp3) is 1.00. The van der Waals surface area contributed by atoms with Crippen LogP contribution in [0.15, 0.2) is 0 Å². The predicted molar refractivity (Wildman–Crippen MR) is 64.7 cm³/mol. The zero-order valence-electron chi connectivity index (χ0n) is 9.42. The van der Waals surface area contributed by atoms with Gasteiger partial charge in [-0.2, -0.15) is 0 Å². The van der Waals surface area contributed by atoms with Crippen molar-refractivity contribution in [3.05, 3.63) is 0 Å². The quantitative estimate of drug-likeness (QED) is 0.712. The average Bonchev–Trinajstić information content (AvgIpc) is 2.14. The first-order valence-electron chi connectivity index (χ1n) is 5.10. The van der Waals surface area contributed by atoms with Gasteiger partial charge in [0.2, 0.25) is 0 Å². The first-order valence-corrected chi connectivity index (χ1v) is 7.16. The lowest BCUT2D eigenvalue weighted by Crippen LogP contribution is -2.37. The zero-order chi connectivity index (χ0) is 11.3. The van der Waals surface area contributed by atoms with E-state index in [9.17, 15) is 8.42 Å². The number of ether oxygens (including phenoxy) is 2. The maximum atomic E-state index is 10.8. The van der Waals surface area contributed by atoms with Gasteiger partial charge in [0, 0.05) is 12.3 Å². The Kier molecular flexibility index (Phi) is 7.50. The summed E-state index contributed by atoms with van der Waals surface area (Å²) < 4.78 is 32.3. The molecule has 1 rings (SSSR count). The summed E-state index contributed by atoms with van der Waals surface area (Å²) >= 11 is 0. The largest absolute Gasteiger partial charge is 0.378 e. The first kappa shape index (κ1) is 16.1. The third-order valence-corrected chi connectivity index (χ3v) is 3.22. The molecule has 1 saturated heterocycles. The lowest BCUT2D eigenvalue weighted by Gasteiger charge is -2.26. The van der Waals surface area contributed by atoms with Crippen molar-refractivity contribution in [2.75, 3.05) is 31.8 Å². The smallest absolute Gasteiger partial charge is 0.149 e. The summed E-state index contributed by atoms with van der Waals surface area (Å²) in [4.78, 5) is 0. The van der Waals surface area contributed by atoms with E-state index >= 15 is 0 Å². The van der Waals surface area contributed by atoms with Gasteiger partial charge in [-0.1, -0.05) is 0 Å². The van der Waals surface area contributed by atoms with Crippen molar-refractivity contribution in [1.29, 1.82) is 0 Å². The molecule has 0 amide bonds. The van der Waals surface area contributed by atoms with E-state index in [0.29, 0.717) is 13.2 Å². The van der Waals surface area contributed by atoms with Crippen molar-refractivity contribution < 1.29 is 17.9 Å². The van der Waals surface area contributed by atoms with Gasteiger partial charge in [0.25, 0.3) is 0 Å². The topological polar surface area (TPSA) is 78.6 Å². The Labute approximate surface area is 103 Å². The SMILES string of the molecule is CS(=O)(=O)CCOC[C@@H]1CC[C@@H](N)CO1.Cl. The molecule has 1 aliphatic heterocycles. The number of nitrogens with two attached hydrogens (primary N) is 1. The fourth-order valence-corrected chi connectivity index (χ4v) is 1.80. The maximum Gasteiger partial charge on any atom is 0.149 e. The summed E-state index contributed by atoms with van der Waals surface area (Å²) in [6, 6.07) is 0.136. The predicted octanol–water partition coefficient (Wildman–Crippen LogP) is -0.0243. The molecule has 2 N–H and O–H groups in total. The Morgan fingerprint density at radius 3 is 2.62 bits per heavy atom. The molecule has 98 valence electrons. The Morgan fingerprint density at radius 1 is 1.44 bits per heavy atom. The number of hydrogen-bond donors (Lipinski definition) is 1. The molecule has 7 heteroatoms. The molecular weight excluding hydrogens is 254 g/mol. The molecule has 0 aliphatic carbocycles. The lowest BCUT2D eigenvalue weighted by atomic mass is 10.1. The van der Waals surface area contributed by atoms with Gasteiger partial charge in [-0.05, 0) is 12.8 Å². The molecule has 0 saturated carbocycles. The molecule has 1 heterocycles. The highest BCUT2D eigenvalue weighted by Gasteiger charge is 2.18. The molecule has 0 aromatic heterocycles. The molecule has 5 nitrogen and oxygen atoms in total. The van der Waals surface area contributed by atoms with Gasteiger partial charge < -0.3 is 15.2 Å². The molecule has 0 unspecified atom stereocenters. The van der Waals surface area contributed by atoms with E-state index in [1.807, 2.05) is 0 Å². The summed E-state index contributed by atoms with van der Waals surface area (Å²) in [7, 11) is -2.92. The van der Waals surface area contributed by atoms with E-state index in [1.54, 1.807) is 0 Å². The Morgan fingerprint density at radius 2 is 2.12 bits per heavy atom. The monoisotopic (exact) mass is 273 g/mol. The number of rotatable bonds is 5. The van der Waals surface area contributed by atoms with Crippen LogP contribution in [-0.4, -0.2) is 52.4 Å². The van der Waals surface area contributed by atoms with Gasteiger partial charge in [-0.15, -0.1) is 12.4 Å². The van der Waals surface area contributed by atoms with Crippen LogP contribution in [0.5, 0.6) is 0 Å². The molecule has 2 atom stereocenters. The number of sulfone groups is 1. The Hall–Kier alpha value is 0.120. The van der Waals surface area contributed by atoms with Crippen LogP contribution in [0.4, 0.5) is 0 Å². The molecule has 0 bridgehead atoms. The second kappa shape index (κ2) is 7.45. The zero-order valence-corrected chi connectivity index (χ0v) is 11.1. The Balaban J connectivity index is 0.00000225. The van der Waals surface area contributed by atoms with Crippen molar-refractivity contribution in [2.24, 2.45) is 5.73 Å². The van der Waals surface area contributed by atoms with E-state index in [-0.39, 0.29) is 36.9 Å². The fourth-order valence-electron chi connectivity index (χ4n) is 1.38. The van der Waals surface area contributed by atoms with E-state index in [2.05, 4.69) is 0 Å². The summed E-state index contributed by atoms with van der Waals surface area (Å²) in [6.45, 7) is 1.27. The molecule has 16 heavy (non-hydrogen) atoms. The van der Waals surface area contributed by atoms with Crippen molar-refractivity contribution in [2.45, 2.75) is 25.0 Å². The maximum absolute atomic E-state index is 10.8. The minimum atomic E-state index is -2.92. The summed E-state index contributed by atoms with van der Waals surface area (Å²) in [6.07, 6.45) is 3.11. The highest BCUT2D eigenvalue weighted by molar-refractivity contribution is 7.90. The molecule has 1 aliphatic rings. The first-order chi connectivity index (χ1) is 6.97. The van der Waals surface area contributed by atoms with E-state index < -0.39 is 9.84 Å². The molecule has 0 aromatic rings. The van der Waals surface area contributed by atoms with Gasteiger partial charge in [0.1, 0.15) is 9.84 Å². The Bertz CT molecular complexity index is 275. The molecule has 0 aromatic carbocycles. The summed E-state index contributed by atoms with van der Waals surface area (Å²) in [5, 5.41) is 0. The van der Waals surface area contributed by atoms with Gasteiger partial charge in [0.15, 0.2) is 0 Å². The normalized spacial score (nSPS) is 26.1. The lowest BCUT2D eigenvalue weighted by molar-refractivity contribution is -0.0444. The van der Waals surface area contributed by atoms with Gasteiger partial charge in [0.05, 0.1) is 31.7 Å². The standard InChI is InChI=1S/C9H19NO4S.ClH/c1-15(11,12)5-4-13-7-9-3-2-8(10)6-14-9;/h8-9H,2-7,10H2,1H3;1H/t8-,9+;/m1./s1. The van der Waals surface area contributed by atoms with Crippen LogP contribution in [0.3, 0.4) is 0 Å². The van der Waals surface area contributed by atoms with Crippen LogP contribution in [0.1, 0.15) is 12.8 Å². The molecule has 0 radical (unpaired) electrons. The van der Waals surface area contributed by atoms with Crippen molar-refractivity contribution in [3.8, 4) is 0 Å². The van der Waals surface area contributed by atoms with Crippen LogP contribution in [0.25, 0.3) is 0 Å². The second-order valence-electron chi connectivity index (χ2n) is 4.00. The van der Waals surface area contributed by atoms with E-state index in [0.717, 1.165) is 12.8 Å². The van der Waals surface area contributed by atoms with Crippen LogP contribution in [0, 0.1) is 0 Å². The van der Waals surface area contributed by atoms with Crippen LogP contribution >= 0.6 is 12.4 Å². The summed E-state index contributed by atoms with van der Waals surface area (Å²) in [5.41, 5.74) is 5.66. The third-order valence-electron chi connectivity index (χ3n) is 2.31. The minimum Gasteiger partial charge on any atom is -0.378 e. The summed E-state index contributed by atoms with van der Waals surface area (Å²) in [5.74, 6) is 0.0687. The van der Waals surface area contributed by atoms with Gasteiger partial charge >= 0.3 is 0 Å². The van der Waals surface area contributed by atoms with Crippen molar-refractivity contribution >= 4 is 22.2 Å². The van der Waals surface area contributed by atoms with Gasteiger partial charge in [-0.25, -0.2) is 8.42 Å². The van der Waals surface area contributed by atoms with E-state index in [1.165, 1.54) is 6.26 Å². The number of hydrogen-bond acceptors (Lipinski definition) is 5. The van der Waals surface area contributed by atoms with E-state index in [4.69, 9.17) is 15.2 Å². The van der Waals surface area contributed by atoms with Gasteiger partial charge in [-0.3, -0.25) is 0 Å². The highest BCUT2D eigenvalue weighted by Crippen LogP contribution is 2.12. The molecule has 1 fully saturated rings. The second-order valence-corrected chi connectivity index (χ2v) is 6.26. The van der Waals surface area contributed by atoms with Crippen molar-refractivity contribution in [3.63, 3.8) is 0 Å². The third kappa shape index (κ3) is 7.40.